The Morgan fingerprint density at radius 1 is 0.828 bits per heavy atom. The molecule has 1 saturated heterocycles. The summed E-state index contributed by atoms with van der Waals surface area (Å²) in [6, 6.07) is 0. The third-order valence-corrected chi connectivity index (χ3v) is 7.31. The monoisotopic (exact) mass is 407 g/mol. The highest BCUT2D eigenvalue weighted by Crippen LogP contribution is 2.26. The first-order valence-electron chi connectivity index (χ1n) is 13.4. The maximum absolute atomic E-state index is 12.6. The van der Waals surface area contributed by atoms with Crippen molar-refractivity contribution >= 4 is 5.78 Å². The maximum Gasteiger partial charge on any atom is 0.135 e. The first kappa shape index (κ1) is 26.7. The highest BCUT2D eigenvalue weighted by Gasteiger charge is 2.23. The third-order valence-electron chi connectivity index (χ3n) is 7.31. The van der Waals surface area contributed by atoms with Crippen LogP contribution in [-0.2, 0) is 4.79 Å². The summed E-state index contributed by atoms with van der Waals surface area (Å²) in [5.41, 5.74) is 0. The van der Waals surface area contributed by atoms with Crippen LogP contribution in [0.5, 0.6) is 0 Å². The largest absolute Gasteiger partial charge is 0.303 e. The summed E-state index contributed by atoms with van der Waals surface area (Å²) in [4.78, 5) is 15.3. The molecule has 172 valence electrons. The third kappa shape index (κ3) is 12.2. The first-order valence-corrected chi connectivity index (χ1v) is 13.4. The van der Waals surface area contributed by atoms with Crippen LogP contribution in [0, 0.1) is 17.8 Å². The van der Waals surface area contributed by atoms with Gasteiger partial charge in [0, 0.05) is 18.9 Å². The van der Waals surface area contributed by atoms with Crippen molar-refractivity contribution in [1.29, 1.82) is 0 Å². The number of unbranched alkanes of at least 4 members (excludes halogenated alkanes) is 5. The fourth-order valence-corrected chi connectivity index (χ4v) is 5.10. The quantitative estimate of drug-likeness (QED) is 0.214. The van der Waals surface area contributed by atoms with Crippen molar-refractivity contribution in [2.75, 3.05) is 19.6 Å². The molecule has 1 heterocycles. The Bertz CT molecular complexity index is 386. The molecule has 0 bridgehead atoms. The predicted molar refractivity (Wildman–Crippen MR) is 128 cm³/mol. The Kier molecular flexibility index (Phi) is 15.9. The minimum absolute atomic E-state index is 0.335. The van der Waals surface area contributed by atoms with Gasteiger partial charge in [-0.1, -0.05) is 79.1 Å². The van der Waals surface area contributed by atoms with E-state index in [0.29, 0.717) is 11.7 Å². The van der Waals surface area contributed by atoms with Gasteiger partial charge in [0.15, 0.2) is 0 Å². The molecule has 2 nitrogen and oxygen atoms in total. The molecule has 0 radical (unpaired) electrons. The number of carbonyl (C=O) groups excluding carboxylic acids is 1. The number of piperidine rings is 1. The van der Waals surface area contributed by atoms with Gasteiger partial charge in [0.05, 0.1) is 0 Å². The van der Waals surface area contributed by atoms with Crippen LogP contribution in [0.4, 0.5) is 0 Å². The smallest absolute Gasteiger partial charge is 0.135 e. The Morgan fingerprint density at radius 2 is 1.45 bits per heavy atom. The highest BCUT2D eigenvalue weighted by molar-refractivity contribution is 5.80. The molecule has 1 rings (SSSR count). The van der Waals surface area contributed by atoms with Gasteiger partial charge in [-0.2, -0.15) is 0 Å². The van der Waals surface area contributed by atoms with Crippen molar-refractivity contribution < 1.29 is 4.79 Å². The van der Waals surface area contributed by atoms with E-state index in [1.165, 1.54) is 96.7 Å². The average Bonchev–Trinajstić information content (AvgIpc) is 2.74. The summed E-state index contributed by atoms with van der Waals surface area (Å²) < 4.78 is 0. The minimum Gasteiger partial charge on any atom is -0.303 e. The Morgan fingerprint density at radius 3 is 2.07 bits per heavy atom. The second-order valence-corrected chi connectivity index (χ2v) is 9.85. The molecule has 0 N–H and O–H groups in total. The van der Waals surface area contributed by atoms with Gasteiger partial charge in [-0.3, -0.25) is 4.79 Å². The lowest BCUT2D eigenvalue weighted by molar-refractivity contribution is -0.123. The van der Waals surface area contributed by atoms with E-state index in [0.717, 1.165) is 37.5 Å². The molecule has 0 aromatic heterocycles. The van der Waals surface area contributed by atoms with Crippen molar-refractivity contribution in [3.63, 3.8) is 0 Å². The highest BCUT2D eigenvalue weighted by atomic mass is 16.1. The Hall–Kier alpha value is -0.370. The van der Waals surface area contributed by atoms with E-state index in [-0.39, 0.29) is 0 Å². The second-order valence-electron chi connectivity index (χ2n) is 9.85. The molecule has 29 heavy (non-hydrogen) atoms. The lowest BCUT2D eigenvalue weighted by Crippen LogP contribution is -2.37. The summed E-state index contributed by atoms with van der Waals surface area (Å²) in [7, 11) is 0. The molecule has 0 aromatic carbocycles. The van der Waals surface area contributed by atoms with Crippen LogP contribution in [0.1, 0.15) is 130 Å². The van der Waals surface area contributed by atoms with E-state index >= 15 is 0 Å². The van der Waals surface area contributed by atoms with Crippen LogP contribution >= 0.6 is 0 Å². The van der Waals surface area contributed by atoms with Gasteiger partial charge in [-0.15, -0.1) is 0 Å². The number of hydrogen-bond acceptors (Lipinski definition) is 2. The zero-order chi connectivity index (χ0) is 21.3. The zero-order valence-corrected chi connectivity index (χ0v) is 20.5. The molecule has 0 aliphatic carbocycles. The van der Waals surface area contributed by atoms with Crippen LogP contribution in [0.3, 0.4) is 0 Å². The van der Waals surface area contributed by atoms with Gasteiger partial charge in [0.2, 0.25) is 0 Å². The fourth-order valence-electron chi connectivity index (χ4n) is 5.10. The fraction of sp³-hybridized carbons (Fsp3) is 0.963. The molecule has 2 atom stereocenters. The maximum atomic E-state index is 12.6. The van der Waals surface area contributed by atoms with E-state index < -0.39 is 0 Å². The molecular weight excluding hydrogens is 354 g/mol. The van der Waals surface area contributed by atoms with Crippen LogP contribution in [0.25, 0.3) is 0 Å². The minimum atomic E-state index is 0.335. The summed E-state index contributed by atoms with van der Waals surface area (Å²) in [5, 5.41) is 0. The van der Waals surface area contributed by atoms with Crippen LogP contribution in [-0.4, -0.2) is 30.3 Å². The van der Waals surface area contributed by atoms with Crippen molar-refractivity contribution in [2.24, 2.45) is 17.8 Å². The summed E-state index contributed by atoms with van der Waals surface area (Å²) in [6.45, 7) is 12.9. The van der Waals surface area contributed by atoms with E-state index in [4.69, 9.17) is 0 Å². The standard InChI is InChI=1S/C27H53NO/c1-5-9-12-13-15-25(14-10-6-2)23-28-21-19-24(20-22-28)17-18-27(29)26(8-4)16-11-7-3/h24-26H,5-23H2,1-4H3. The normalized spacial score (nSPS) is 18.1. The molecular formula is C27H53NO. The molecule has 1 aliphatic heterocycles. The summed E-state index contributed by atoms with van der Waals surface area (Å²) in [6.07, 6.45) is 20.4. The van der Waals surface area contributed by atoms with Gasteiger partial charge in [-0.25, -0.2) is 0 Å². The summed E-state index contributed by atoms with van der Waals surface area (Å²) >= 11 is 0. The number of carbonyl (C=O) groups is 1. The molecule has 1 fully saturated rings. The molecule has 2 unspecified atom stereocenters. The van der Waals surface area contributed by atoms with Crippen molar-refractivity contribution in [1.82, 2.24) is 4.90 Å². The molecule has 0 amide bonds. The lowest BCUT2D eigenvalue weighted by atomic mass is 9.86. The SMILES string of the molecule is CCCCCCC(CCCC)CN1CCC(CCC(=O)C(CC)CCCC)CC1. The number of Topliss-reactive ketones (excluding diaryl/α,β-unsaturated/α-hetero) is 1. The van der Waals surface area contributed by atoms with Crippen LogP contribution in [0.2, 0.25) is 0 Å². The van der Waals surface area contributed by atoms with Gasteiger partial charge in [-0.05, 0) is 69.9 Å². The topological polar surface area (TPSA) is 20.3 Å². The number of nitrogens with zero attached hydrogens (tertiary/aromatic N) is 1. The number of likely N-dealkylation sites (tertiary alicyclic amines) is 1. The summed E-state index contributed by atoms with van der Waals surface area (Å²) in [5.74, 6) is 2.59. The van der Waals surface area contributed by atoms with Gasteiger partial charge in [0.25, 0.3) is 0 Å². The van der Waals surface area contributed by atoms with Gasteiger partial charge in [0.1, 0.15) is 5.78 Å². The molecule has 0 saturated carbocycles. The Labute approximate surface area is 183 Å². The number of rotatable bonds is 18. The number of hydrogen-bond donors (Lipinski definition) is 0. The Balaban J connectivity index is 2.29. The molecule has 0 spiro atoms. The molecule has 0 aromatic rings. The zero-order valence-electron chi connectivity index (χ0n) is 20.5. The van der Waals surface area contributed by atoms with E-state index in [1.807, 2.05) is 0 Å². The molecule has 1 aliphatic rings. The van der Waals surface area contributed by atoms with Crippen molar-refractivity contribution in [3.05, 3.63) is 0 Å². The average molecular weight is 408 g/mol. The van der Waals surface area contributed by atoms with E-state index in [9.17, 15) is 4.79 Å². The van der Waals surface area contributed by atoms with E-state index in [2.05, 4.69) is 32.6 Å². The van der Waals surface area contributed by atoms with Crippen molar-refractivity contribution in [2.45, 2.75) is 130 Å². The van der Waals surface area contributed by atoms with Gasteiger partial charge < -0.3 is 4.90 Å². The van der Waals surface area contributed by atoms with Crippen molar-refractivity contribution in [3.8, 4) is 0 Å². The lowest BCUT2D eigenvalue weighted by Gasteiger charge is -2.34. The number of ketones is 1. The molecule has 2 heteroatoms. The van der Waals surface area contributed by atoms with E-state index in [1.54, 1.807) is 0 Å². The predicted octanol–water partition coefficient (Wildman–Crippen LogP) is 8.04. The first-order chi connectivity index (χ1) is 14.1. The van der Waals surface area contributed by atoms with Crippen LogP contribution < -0.4 is 0 Å². The second kappa shape index (κ2) is 17.3. The van der Waals surface area contributed by atoms with Crippen LogP contribution in [0.15, 0.2) is 0 Å². The van der Waals surface area contributed by atoms with Gasteiger partial charge >= 0.3 is 0 Å².